The third kappa shape index (κ3) is 6.05. The molecule has 3 heterocycles. The van der Waals surface area contributed by atoms with Crippen molar-refractivity contribution >= 4 is 28.7 Å². The van der Waals surface area contributed by atoms with Crippen LogP contribution in [0, 0.1) is 18.7 Å². The lowest BCUT2D eigenvalue weighted by Crippen LogP contribution is -2.48. The number of ketones is 1. The molecule has 2 aromatic heterocycles. The van der Waals surface area contributed by atoms with Crippen LogP contribution in [0.1, 0.15) is 94.6 Å². The number of carbonyl (C=O) groups is 3. The molecular formula is C33H43FN4O4. The molecule has 2 atom stereocenters. The lowest BCUT2D eigenvalue weighted by atomic mass is 9.85. The maximum atomic E-state index is 14.6. The molecule has 3 aromatic rings. The van der Waals surface area contributed by atoms with Gasteiger partial charge in [-0.05, 0) is 99.4 Å². The predicted octanol–water partition coefficient (Wildman–Crippen LogP) is 6.95. The lowest BCUT2D eigenvalue weighted by molar-refractivity contribution is 0.00734. The van der Waals surface area contributed by atoms with Gasteiger partial charge in [0, 0.05) is 53.4 Å². The number of benzene rings is 1. The number of amides is 2. The summed E-state index contributed by atoms with van der Waals surface area (Å²) in [5, 5.41) is 0.724. The Morgan fingerprint density at radius 1 is 1.10 bits per heavy atom. The van der Waals surface area contributed by atoms with Crippen LogP contribution in [-0.2, 0) is 4.74 Å². The summed E-state index contributed by atoms with van der Waals surface area (Å²) >= 11 is 0. The van der Waals surface area contributed by atoms with Gasteiger partial charge in [-0.25, -0.2) is 9.18 Å². The molecule has 8 nitrogen and oxygen atoms in total. The highest BCUT2D eigenvalue weighted by Crippen LogP contribution is 2.35. The zero-order chi connectivity index (χ0) is 31.1. The van der Waals surface area contributed by atoms with Crippen molar-refractivity contribution in [3.8, 4) is 5.69 Å². The molecule has 0 radical (unpaired) electrons. The zero-order valence-electron chi connectivity index (χ0n) is 26.2. The first-order chi connectivity index (χ1) is 19.6. The second-order valence-electron chi connectivity index (χ2n) is 12.9. The minimum Gasteiger partial charge on any atom is -0.444 e. The van der Waals surface area contributed by atoms with Crippen LogP contribution in [0.2, 0.25) is 0 Å². The van der Waals surface area contributed by atoms with Crippen molar-refractivity contribution in [1.29, 1.82) is 0 Å². The minimum absolute atomic E-state index is 0.0147. The molecule has 2 amide bonds. The third-order valence-electron chi connectivity index (χ3n) is 7.91. The molecule has 0 spiro atoms. The van der Waals surface area contributed by atoms with Crippen molar-refractivity contribution in [3.63, 3.8) is 0 Å². The summed E-state index contributed by atoms with van der Waals surface area (Å²) in [4.78, 5) is 48.5. The van der Waals surface area contributed by atoms with Crippen molar-refractivity contribution in [2.75, 3.05) is 6.54 Å². The number of likely N-dealkylation sites (tertiary alicyclic amines) is 1. The summed E-state index contributed by atoms with van der Waals surface area (Å²) in [5.41, 5.74) is 2.00. The monoisotopic (exact) mass is 578 g/mol. The standard InChI is InChI=1S/C33H43FN4O4/c1-19(2)37(20(3)4)31(40)26-17-24(34)10-11-27(26)38-22(6)29(25-12-14-35-18-28(25)38)30(39)23-13-15-36(21(5)16-23)32(41)42-33(7,8)9/h10-12,14,17-21,23H,13,15-16H2,1-9H3/t21-,23?/m0/s1. The second-order valence-corrected chi connectivity index (χ2v) is 12.9. The van der Waals surface area contributed by atoms with Crippen molar-refractivity contribution < 1.29 is 23.5 Å². The van der Waals surface area contributed by atoms with Gasteiger partial charge in [-0.3, -0.25) is 14.6 Å². The number of nitrogens with zero attached hydrogens (tertiary/aromatic N) is 4. The van der Waals surface area contributed by atoms with E-state index in [9.17, 15) is 18.8 Å². The van der Waals surface area contributed by atoms with E-state index in [1.165, 1.54) is 12.1 Å². The van der Waals surface area contributed by atoms with E-state index in [0.29, 0.717) is 41.8 Å². The maximum Gasteiger partial charge on any atom is 0.410 e. The van der Waals surface area contributed by atoms with Gasteiger partial charge in [0.15, 0.2) is 5.78 Å². The van der Waals surface area contributed by atoms with E-state index >= 15 is 0 Å². The highest BCUT2D eigenvalue weighted by atomic mass is 19.1. The molecule has 0 bridgehead atoms. The van der Waals surface area contributed by atoms with Crippen LogP contribution < -0.4 is 0 Å². The molecule has 1 aliphatic heterocycles. The third-order valence-corrected chi connectivity index (χ3v) is 7.91. The quantitative estimate of drug-likeness (QED) is 0.296. The normalized spacial score (nSPS) is 17.7. The molecule has 1 unspecified atom stereocenters. The first kappa shape index (κ1) is 31.2. The summed E-state index contributed by atoms with van der Waals surface area (Å²) in [6.45, 7) is 17.5. The van der Waals surface area contributed by atoms with Gasteiger partial charge in [0.25, 0.3) is 5.91 Å². The van der Waals surface area contributed by atoms with Gasteiger partial charge >= 0.3 is 6.09 Å². The summed E-state index contributed by atoms with van der Waals surface area (Å²) in [5.74, 6) is -1.10. The number of rotatable bonds is 6. The van der Waals surface area contributed by atoms with Crippen LogP contribution in [0.15, 0.2) is 36.7 Å². The summed E-state index contributed by atoms with van der Waals surface area (Å²) < 4.78 is 22.0. The van der Waals surface area contributed by atoms with Gasteiger partial charge in [-0.15, -0.1) is 0 Å². The molecular weight excluding hydrogens is 535 g/mol. The molecule has 0 aliphatic carbocycles. The maximum absolute atomic E-state index is 14.6. The first-order valence-corrected chi connectivity index (χ1v) is 14.7. The average molecular weight is 579 g/mol. The van der Waals surface area contributed by atoms with Crippen LogP contribution >= 0.6 is 0 Å². The van der Waals surface area contributed by atoms with Crippen LogP contribution in [0.3, 0.4) is 0 Å². The number of hydrogen-bond acceptors (Lipinski definition) is 5. The summed E-state index contributed by atoms with van der Waals surface area (Å²) in [6, 6.07) is 5.65. The Balaban J connectivity index is 1.76. The van der Waals surface area contributed by atoms with Crippen LogP contribution in [-0.4, -0.2) is 67.4 Å². The Morgan fingerprint density at radius 2 is 1.76 bits per heavy atom. The van der Waals surface area contributed by atoms with Crippen molar-refractivity contribution in [2.24, 2.45) is 5.92 Å². The number of Topliss-reactive ketones (excluding diaryl/α,β-unsaturated/α-hetero) is 1. The van der Waals surface area contributed by atoms with Gasteiger partial charge in [0.2, 0.25) is 0 Å². The van der Waals surface area contributed by atoms with E-state index in [1.807, 2.05) is 72.9 Å². The summed E-state index contributed by atoms with van der Waals surface area (Å²) in [7, 11) is 0. The van der Waals surface area contributed by atoms with E-state index in [-0.39, 0.29) is 47.4 Å². The van der Waals surface area contributed by atoms with Gasteiger partial charge in [0.1, 0.15) is 11.4 Å². The Morgan fingerprint density at radius 3 is 2.36 bits per heavy atom. The van der Waals surface area contributed by atoms with Gasteiger partial charge < -0.3 is 19.1 Å². The fraction of sp³-hybridized carbons (Fsp3) is 0.515. The van der Waals surface area contributed by atoms with E-state index in [2.05, 4.69) is 4.98 Å². The van der Waals surface area contributed by atoms with Crippen molar-refractivity contribution in [2.45, 2.75) is 98.9 Å². The molecule has 4 rings (SSSR count). The number of fused-ring (bicyclic) bond motifs is 1. The fourth-order valence-electron chi connectivity index (χ4n) is 6.17. The van der Waals surface area contributed by atoms with Crippen molar-refractivity contribution in [3.05, 3.63) is 59.3 Å². The highest BCUT2D eigenvalue weighted by molar-refractivity contribution is 6.11. The van der Waals surface area contributed by atoms with E-state index in [0.717, 1.165) is 5.39 Å². The molecule has 1 fully saturated rings. The second kappa shape index (κ2) is 11.9. The molecule has 0 N–H and O–H groups in total. The topological polar surface area (TPSA) is 84.7 Å². The van der Waals surface area contributed by atoms with Crippen LogP contribution in [0.4, 0.5) is 9.18 Å². The molecule has 9 heteroatoms. The molecule has 1 aromatic carbocycles. The Bertz CT molecular complexity index is 1500. The van der Waals surface area contributed by atoms with Gasteiger partial charge in [0.05, 0.1) is 23.0 Å². The van der Waals surface area contributed by atoms with E-state index in [4.69, 9.17) is 4.74 Å². The lowest BCUT2D eigenvalue weighted by Gasteiger charge is -2.37. The number of carbonyl (C=O) groups excluding carboxylic acids is 3. The Hall–Kier alpha value is -3.75. The largest absolute Gasteiger partial charge is 0.444 e. The Kier molecular flexibility index (Phi) is 8.81. The average Bonchev–Trinajstić information content (AvgIpc) is 3.18. The number of halogens is 1. The number of pyridine rings is 1. The van der Waals surface area contributed by atoms with Gasteiger partial charge in [-0.2, -0.15) is 0 Å². The predicted molar refractivity (Wildman–Crippen MR) is 162 cm³/mol. The number of hydrogen-bond donors (Lipinski definition) is 0. The highest BCUT2D eigenvalue weighted by Gasteiger charge is 2.37. The molecule has 42 heavy (non-hydrogen) atoms. The molecule has 1 saturated heterocycles. The first-order valence-electron chi connectivity index (χ1n) is 14.7. The zero-order valence-corrected chi connectivity index (χ0v) is 26.2. The fourth-order valence-corrected chi connectivity index (χ4v) is 6.17. The number of aromatic nitrogens is 2. The number of ether oxygens (including phenoxy) is 1. The van der Waals surface area contributed by atoms with Crippen LogP contribution in [0.25, 0.3) is 16.6 Å². The van der Waals surface area contributed by atoms with Crippen LogP contribution in [0.5, 0.6) is 0 Å². The summed E-state index contributed by atoms with van der Waals surface area (Å²) in [6.07, 6.45) is 3.97. The number of piperidine rings is 1. The smallest absolute Gasteiger partial charge is 0.410 e. The minimum atomic E-state index is -0.599. The molecule has 0 saturated carbocycles. The van der Waals surface area contributed by atoms with Gasteiger partial charge in [-0.1, -0.05) is 0 Å². The van der Waals surface area contributed by atoms with Crippen molar-refractivity contribution in [1.82, 2.24) is 19.4 Å². The SMILES string of the molecule is Cc1c(C(=O)C2CCN(C(=O)OC(C)(C)C)[C@@H](C)C2)c2ccncc2n1-c1ccc(F)cc1C(=O)N(C(C)C)C(C)C. The Labute approximate surface area is 247 Å². The molecule has 1 aliphatic rings. The molecule has 226 valence electrons. The van der Waals surface area contributed by atoms with E-state index in [1.54, 1.807) is 28.3 Å². The van der Waals surface area contributed by atoms with E-state index < -0.39 is 11.4 Å².